The lowest BCUT2D eigenvalue weighted by molar-refractivity contribution is 0.0755. The van der Waals surface area contributed by atoms with Gasteiger partial charge in [-0.1, -0.05) is 18.2 Å². The molecule has 5 nitrogen and oxygen atoms in total. The number of halogens is 1. The zero-order valence-corrected chi connectivity index (χ0v) is 15.3. The van der Waals surface area contributed by atoms with Gasteiger partial charge in [-0.3, -0.25) is 9.69 Å². The molecule has 0 N–H and O–H groups in total. The Kier molecular flexibility index (Phi) is 6.05. The number of nitriles is 1. The van der Waals surface area contributed by atoms with E-state index in [1.165, 1.54) is 19.2 Å². The Hall–Kier alpha value is -2.91. The van der Waals surface area contributed by atoms with Crippen LogP contribution in [0.5, 0.6) is 5.75 Å². The van der Waals surface area contributed by atoms with Gasteiger partial charge in [0.2, 0.25) is 0 Å². The highest BCUT2D eigenvalue weighted by Gasteiger charge is 2.24. The molecule has 0 unspecified atom stereocenters. The van der Waals surface area contributed by atoms with Gasteiger partial charge in [-0.25, -0.2) is 4.39 Å². The van der Waals surface area contributed by atoms with E-state index in [1.807, 2.05) is 18.2 Å². The number of hydrogen-bond acceptors (Lipinski definition) is 4. The average Bonchev–Trinajstić information content (AvgIpc) is 2.93. The van der Waals surface area contributed by atoms with Gasteiger partial charge in [-0.15, -0.1) is 0 Å². The lowest BCUT2D eigenvalue weighted by Crippen LogP contribution is -2.35. The minimum Gasteiger partial charge on any atom is -0.494 e. The quantitative estimate of drug-likeness (QED) is 0.833. The van der Waals surface area contributed by atoms with Crippen molar-refractivity contribution < 1.29 is 13.9 Å². The highest BCUT2D eigenvalue weighted by Crippen LogP contribution is 2.22. The van der Waals surface area contributed by atoms with Crippen LogP contribution in [-0.2, 0) is 6.54 Å². The second-order valence-electron chi connectivity index (χ2n) is 6.56. The third-order valence-corrected chi connectivity index (χ3v) is 4.75. The SMILES string of the molecule is COc1cccc(C(=O)N2CCCN(Cc3cccc(C#N)c3)CC2)c1F. The predicted molar refractivity (Wildman–Crippen MR) is 99.9 cm³/mol. The Morgan fingerprint density at radius 2 is 2.00 bits per heavy atom. The predicted octanol–water partition coefficient (Wildman–Crippen LogP) is 3.05. The highest BCUT2D eigenvalue weighted by molar-refractivity contribution is 5.95. The Balaban J connectivity index is 1.66. The number of amides is 1. The van der Waals surface area contributed by atoms with Crippen molar-refractivity contribution in [2.24, 2.45) is 0 Å². The summed E-state index contributed by atoms with van der Waals surface area (Å²) in [6.45, 7) is 3.40. The maximum atomic E-state index is 14.4. The van der Waals surface area contributed by atoms with E-state index in [0.29, 0.717) is 25.2 Å². The Labute approximate surface area is 158 Å². The van der Waals surface area contributed by atoms with Crippen LogP contribution in [0.1, 0.15) is 27.9 Å². The summed E-state index contributed by atoms with van der Waals surface area (Å²) in [5.74, 6) is -0.839. The zero-order valence-electron chi connectivity index (χ0n) is 15.3. The largest absolute Gasteiger partial charge is 0.494 e. The second kappa shape index (κ2) is 8.65. The van der Waals surface area contributed by atoms with Crippen molar-refractivity contribution in [3.05, 3.63) is 65.0 Å². The molecule has 3 rings (SSSR count). The van der Waals surface area contributed by atoms with Crippen molar-refractivity contribution in [3.8, 4) is 11.8 Å². The minimum atomic E-state index is -0.612. The van der Waals surface area contributed by atoms with Crippen molar-refractivity contribution in [2.45, 2.75) is 13.0 Å². The molecule has 1 aliphatic rings. The molecule has 0 spiro atoms. The molecule has 1 saturated heterocycles. The van der Waals surface area contributed by atoms with Crippen molar-refractivity contribution in [2.75, 3.05) is 33.3 Å². The lowest BCUT2D eigenvalue weighted by atomic mass is 10.1. The Bertz CT molecular complexity index is 863. The van der Waals surface area contributed by atoms with Gasteiger partial charge in [-0.2, -0.15) is 5.26 Å². The van der Waals surface area contributed by atoms with Crippen molar-refractivity contribution in [3.63, 3.8) is 0 Å². The molecule has 0 radical (unpaired) electrons. The minimum absolute atomic E-state index is 0.0459. The molecule has 1 aliphatic heterocycles. The number of carbonyl (C=O) groups excluding carboxylic acids is 1. The standard InChI is InChI=1S/C21H22FN3O2/c1-27-19-8-3-7-18(20(19)22)21(26)25-10-4-9-24(11-12-25)15-17-6-2-5-16(13-17)14-23/h2-3,5-8,13H,4,9-12,15H2,1H3. The van der Waals surface area contributed by atoms with Crippen LogP contribution in [0.3, 0.4) is 0 Å². The van der Waals surface area contributed by atoms with Crippen LogP contribution in [0.2, 0.25) is 0 Å². The first-order valence-electron chi connectivity index (χ1n) is 8.95. The van der Waals surface area contributed by atoms with E-state index in [-0.39, 0.29) is 17.2 Å². The maximum absolute atomic E-state index is 14.4. The summed E-state index contributed by atoms with van der Waals surface area (Å²) in [6.07, 6.45) is 0.815. The number of hydrogen-bond donors (Lipinski definition) is 0. The van der Waals surface area contributed by atoms with E-state index in [9.17, 15) is 9.18 Å². The first-order chi connectivity index (χ1) is 13.1. The molecule has 6 heteroatoms. The van der Waals surface area contributed by atoms with E-state index in [1.54, 1.807) is 17.0 Å². The molecule has 0 saturated carbocycles. The fraction of sp³-hybridized carbons (Fsp3) is 0.333. The average molecular weight is 367 g/mol. The lowest BCUT2D eigenvalue weighted by Gasteiger charge is -2.22. The van der Waals surface area contributed by atoms with Crippen LogP contribution in [0.15, 0.2) is 42.5 Å². The third-order valence-electron chi connectivity index (χ3n) is 4.75. The number of benzene rings is 2. The summed E-state index contributed by atoms with van der Waals surface area (Å²) in [5.41, 5.74) is 1.77. The van der Waals surface area contributed by atoms with Crippen molar-refractivity contribution >= 4 is 5.91 Å². The van der Waals surface area contributed by atoms with Gasteiger partial charge in [0, 0.05) is 32.7 Å². The van der Waals surface area contributed by atoms with Crippen LogP contribution in [0.25, 0.3) is 0 Å². The summed E-state index contributed by atoms with van der Waals surface area (Å²) >= 11 is 0. The van der Waals surface area contributed by atoms with Crippen LogP contribution in [0, 0.1) is 17.1 Å². The topological polar surface area (TPSA) is 56.6 Å². The Morgan fingerprint density at radius 1 is 1.19 bits per heavy atom. The van der Waals surface area contributed by atoms with E-state index in [4.69, 9.17) is 10.00 Å². The van der Waals surface area contributed by atoms with Gasteiger partial charge in [-0.05, 0) is 36.2 Å². The number of carbonyl (C=O) groups is 1. The number of nitrogens with zero attached hydrogens (tertiary/aromatic N) is 3. The smallest absolute Gasteiger partial charge is 0.257 e. The zero-order chi connectivity index (χ0) is 19.2. The number of ether oxygens (including phenoxy) is 1. The van der Waals surface area contributed by atoms with E-state index < -0.39 is 5.82 Å². The van der Waals surface area contributed by atoms with Crippen LogP contribution >= 0.6 is 0 Å². The molecule has 140 valence electrons. The van der Waals surface area contributed by atoms with Gasteiger partial charge >= 0.3 is 0 Å². The maximum Gasteiger partial charge on any atom is 0.257 e. The molecule has 0 atom stereocenters. The van der Waals surface area contributed by atoms with E-state index in [2.05, 4.69) is 11.0 Å². The highest BCUT2D eigenvalue weighted by atomic mass is 19.1. The second-order valence-corrected chi connectivity index (χ2v) is 6.56. The van der Waals surface area contributed by atoms with E-state index >= 15 is 0 Å². The fourth-order valence-electron chi connectivity index (χ4n) is 3.33. The molecule has 27 heavy (non-hydrogen) atoms. The summed E-state index contributed by atoms with van der Waals surface area (Å²) in [4.78, 5) is 16.7. The van der Waals surface area contributed by atoms with Gasteiger partial charge in [0.15, 0.2) is 11.6 Å². The first-order valence-corrected chi connectivity index (χ1v) is 8.95. The van der Waals surface area contributed by atoms with Crippen LogP contribution in [0.4, 0.5) is 4.39 Å². The monoisotopic (exact) mass is 367 g/mol. The molecule has 0 aromatic heterocycles. The molecule has 0 aliphatic carbocycles. The molecule has 1 amide bonds. The molecule has 2 aromatic carbocycles. The molecular weight excluding hydrogens is 345 g/mol. The molecule has 1 heterocycles. The van der Waals surface area contributed by atoms with Crippen molar-refractivity contribution in [1.29, 1.82) is 5.26 Å². The fourth-order valence-corrected chi connectivity index (χ4v) is 3.33. The number of rotatable bonds is 4. The van der Waals surface area contributed by atoms with Gasteiger partial charge in [0.05, 0.1) is 24.3 Å². The van der Waals surface area contributed by atoms with Gasteiger partial charge in [0.1, 0.15) is 0 Å². The first kappa shape index (κ1) is 18.9. The summed E-state index contributed by atoms with van der Waals surface area (Å²) in [5, 5.41) is 9.03. The van der Waals surface area contributed by atoms with E-state index in [0.717, 1.165) is 25.1 Å². The van der Waals surface area contributed by atoms with Gasteiger partial charge in [0.25, 0.3) is 5.91 Å². The molecule has 0 bridgehead atoms. The Morgan fingerprint density at radius 3 is 2.78 bits per heavy atom. The normalized spacial score (nSPS) is 15.1. The van der Waals surface area contributed by atoms with Crippen molar-refractivity contribution in [1.82, 2.24) is 9.80 Å². The molecule has 1 fully saturated rings. The third kappa shape index (κ3) is 4.44. The van der Waals surface area contributed by atoms with Gasteiger partial charge < -0.3 is 9.64 Å². The number of methoxy groups -OCH3 is 1. The van der Waals surface area contributed by atoms with Crippen LogP contribution < -0.4 is 4.74 Å². The molecular formula is C21H22FN3O2. The van der Waals surface area contributed by atoms with Crippen LogP contribution in [-0.4, -0.2) is 49.0 Å². The molecule has 2 aromatic rings. The summed E-state index contributed by atoms with van der Waals surface area (Å²) in [7, 11) is 1.39. The summed E-state index contributed by atoms with van der Waals surface area (Å²) < 4.78 is 19.4. The summed E-state index contributed by atoms with van der Waals surface area (Å²) in [6, 6.07) is 14.3.